The number of rotatable bonds is 8. The fourth-order valence-corrected chi connectivity index (χ4v) is 3.85. The van der Waals surface area contributed by atoms with Gasteiger partial charge in [-0.1, -0.05) is 59.8 Å². The zero-order chi connectivity index (χ0) is 20.8. The van der Waals surface area contributed by atoms with Crippen LogP contribution >= 0.6 is 23.4 Å². The first-order chi connectivity index (χ1) is 14.7. The van der Waals surface area contributed by atoms with Crippen molar-refractivity contribution < 1.29 is 4.79 Å². The summed E-state index contributed by atoms with van der Waals surface area (Å²) in [6, 6.07) is 16.9. The molecule has 0 aliphatic carbocycles. The Labute approximate surface area is 182 Å². The lowest BCUT2D eigenvalue weighted by atomic mass is 10.1. The third-order valence-corrected chi connectivity index (χ3v) is 5.49. The average molecular weight is 440 g/mol. The Morgan fingerprint density at radius 2 is 2.00 bits per heavy atom. The molecule has 1 N–H and O–H groups in total. The van der Waals surface area contributed by atoms with Crippen LogP contribution in [-0.2, 0) is 11.3 Å². The molecule has 30 heavy (non-hydrogen) atoms. The number of carbonyl (C=O) groups excluding carboxylic acids is 1. The Bertz CT molecular complexity index is 1100. The number of nitrogens with one attached hydrogen (secondary N) is 1. The van der Waals surface area contributed by atoms with Gasteiger partial charge in [-0.05, 0) is 23.8 Å². The Kier molecular flexibility index (Phi) is 6.41. The minimum absolute atomic E-state index is 0.116. The summed E-state index contributed by atoms with van der Waals surface area (Å²) in [5, 5.41) is 16.5. The van der Waals surface area contributed by atoms with Crippen LogP contribution in [-0.4, -0.2) is 41.2 Å². The number of nitrogens with zero attached hydrogens (tertiary/aromatic N) is 6. The van der Waals surface area contributed by atoms with E-state index in [1.807, 2.05) is 48.5 Å². The van der Waals surface area contributed by atoms with Gasteiger partial charge in [0, 0.05) is 5.02 Å². The highest BCUT2D eigenvalue weighted by Gasteiger charge is 2.17. The van der Waals surface area contributed by atoms with Crippen LogP contribution in [0.15, 0.2) is 78.7 Å². The summed E-state index contributed by atoms with van der Waals surface area (Å²) in [7, 11) is 0. The summed E-state index contributed by atoms with van der Waals surface area (Å²) < 4.78 is 3.49. The van der Waals surface area contributed by atoms with Crippen molar-refractivity contribution in [3.8, 4) is 5.69 Å². The molecule has 1 atom stereocenters. The van der Waals surface area contributed by atoms with Crippen molar-refractivity contribution in [3.63, 3.8) is 0 Å². The zero-order valence-electron chi connectivity index (χ0n) is 15.8. The Hall–Kier alpha value is -3.17. The molecule has 0 fully saturated rings. The number of halogens is 1. The van der Waals surface area contributed by atoms with Crippen LogP contribution in [0.1, 0.15) is 11.6 Å². The summed E-state index contributed by atoms with van der Waals surface area (Å²) in [6.45, 7) is 0.485. The molecule has 10 heteroatoms. The number of aromatic nitrogens is 6. The first kappa shape index (κ1) is 20.1. The molecule has 1 amide bonds. The van der Waals surface area contributed by atoms with Crippen LogP contribution in [0.4, 0.5) is 0 Å². The highest BCUT2D eigenvalue weighted by atomic mass is 35.5. The molecule has 0 aliphatic rings. The predicted molar refractivity (Wildman–Crippen MR) is 114 cm³/mol. The minimum atomic E-state index is -0.230. The lowest BCUT2D eigenvalue weighted by Crippen LogP contribution is -2.32. The molecule has 0 saturated heterocycles. The number of amides is 1. The van der Waals surface area contributed by atoms with Gasteiger partial charge in [-0.15, -0.1) is 10.2 Å². The monoisotopic (exact) mass is 439 g/mol. The number of carbonyl (C=O) groups is 1. The fraction of sp³-hybridized carbons (Fsp3) is 0.150. The average Bonchev–Trinajstić information content (AvgIpc) is 3.44. The first-order valence-corrected chi connectivity index (χ1v) is 10.5. The van der Waals surface area contributed by atoms with Crippen LogP contribution in [0.2, 0.25) is 5.02 Å². The van der Waals surface area contributed by atoms with Crippen molar-refractivity contribution in [2.24, 2.45) is 0 Å². The third kappa shape index (κ3) is 5.05. The van der Waals surface area contributed by atoms with Crippen LogP contribution in [0.3, 0.4) is 0 Å². The maximum absolute atomic E-state index is 12.7. The summed E-state index contributed by atoms with van der Waals surface area (Å²) in [6.07, 6.45) is 4.70. The van der Waals surface area contributed by atoms with Crippen molar-refractivity contribution in [1.29, 1.82) is 0 Å². The molecule has 0 saturated carbocycles. The maximum Gasteiger partial charge on any atom is 0.231 e. The van der Waals surface area contributed by atoms with Crippen LogP contribution in [0.5, 0.6) is 0 Å². The quantitative estimate of drug-likeness (QED) is 0.424. The summed E-state index contributed by atoms with van der Waals surface area (Å²) in [4.78, 5) is 16.7. The third-order valence-electron chi connectivity index (χ3n) is 4.31. The molecule has 8 nitrogen and oxygen atoms in total. The van der Waals surface area contributed by atoms with E-state index >= 15 is 0 Å². The molecule has 2 heterocycles. The van der Waals surface area contributed by atoms with Gasteiger partial charge in [0.25, 0.3) is 0 Å². The van der Waals surface area contributed by atoms with Crippen molar-refractivity contribution in [3.05, 3.63) is 84.2 Å². The summed E-state index contributed by atoms with van der Waals surface area (Å²) in [5.74, 6) is 0.0783. The standard InChI is InChI=1S/C20H18ClN7OS/c21-16-7-4-8-17(9-16)28-14-23-26-20(28)30-11-19(29)25-18(10-27-13-22-12-24-27)15-5-2-1-3-6-15/h1-9,12-14,18H,10-11H2,(H,25,29). The Morgan fingerprint density at radius 1 is 1.13 bits per heavy atom. The fourth-order valence-electron chi connectivity index (χ4n) is 2.93. The van der Waals surface area contributed by atoms with E-state index in [0.29, 0.717) is 16.7 Å². The van der Waals surface area contributed by atoms with E-state index in [1.165, 1.54) is 18.1 Å². The molecule has 152 valence electrons. The molecular formula is C20H18ClN7OS. The van der Waals surface area contributed by atoms with Crippen LogP contribution in [0, 0.1) is 0 Å². The van der Waals surface area contributed by atoms with Gasteiger partial charge in [-0.3, -0.25) is 14.0 Å². The first-order valence-electron chi connectivity index (χ1n) is 9.14. The van der Waals surface area contributed by atoms with E-state index in [-0.39, 0.29) is 17.7 Å². The van der Waals surface area contributed by atoms with Crippen molar-refractivity contribution in [2.75, 3.05) is 5.75 Å². The Balaban J connectivity index is 1.43. The van der Waals surface area contributed by atoms with E-state index in [2.05, 4.69) is 25.6 Å². The Morgan fingerprint density at radius 3 is 2.77 bits per heavy atom. The molecule has 4 aromatic rings. The predicted octanol–water partition coefficient (Wildman–Crippen LogP) is 3.16. The van der Waals surface area contributed by atoms with E-state index in [4.69, 9.17) is 11.6 Å². The second kappa shape index (κ2) is 9.55. The summed E-state index contributed by atoms with van der Waals surface area (Å²) in [5.41, 5.74) is 1.83. The lowest BCUT2D eigenvalue weighted by Gasteiger charge is -2.19. The van der Waals surface area contributed by atoms with Crippen molar-refractivity contribution >= 4 is 29.3 Å². The molecule has 1 unspecified atom stereocenters. The van der Waals surface area contributed by atoms with Crippen molar-refractivity contribution in [1.82, 2.24) is 34.8 Å². The molecule has 0 bridgehead atoms. The molecule has 2 aromatic heterocycles. The number of benzene rings is 2. The highest BCUT2D eigenvalue weighted by Crippen LogP contribution is 2.22. The molecule has 0 aliphatic heterocycles. The molecule has 0 radical (unpaired) electrons. The highest BCUT2D eigenvalue weighted by molar-refractivity contribution is 7.99. The van der Waals surface area contributed by atoms with E-state index in [1.54, 1.807) is 28.0 Å². The van der Waals surface area contributed by atoms with Gasteiger partial charge in [-0.2, -0.15) is 5.10 Å². The van der Waals surface area contributed by atoms with Crippen LogP contribution < -0.4 is 5.32 Å². The summed E-state index contributed by atoms with van der Waals surface area (Å²) >= 11 is 7.39. The van der Waals surface area contributed by atoms with Gasteiger partial charge < -0.3 is 5.32 Å². The zero-order valence-corrected chi connectivity index (χ0v) is 17.4. The molecular weight excluding hydrogens is 422 g/mol. The van der Waals surface area contributed by atoms with Gasteiger partial charge >= 0.3 is 0 Å². The largest absolute Gasteiger partial charge is 0.347 e. The van der Waals surface area contributed by atoms with E-state index < -0.39 is 0 Å². The molecule has 2 aromatic carbocycles. The van der Waals surface area contributed by atoms with Gasteiger partial charge in [-0.25, -0.2) is 4.98 Å². The molecule has 0 spiro atoms. The van der Waals surface area contributed by atoms with Gasteiger partial charge in [0.15, 0.2) is 5.16 Å². The van der Waals surface area contributed by atoms with Crippen molar-refractivity contribution in [2.45, 2.75) is 17.7 Å². The van der Waals surface area contributed by atoms with Gasteiger partial charge in [0.2, 0.25) is 5.91 Å². The topological polar surface area (TPSA) is 90.5 Å². The smallest absolute Gasteiger partial charge is 0.231 e. The maximum atomic E-state index is 12.7. The second-order valence-electron chi connectivity index (χ2n) is 6.40. The normalized spacial score (nSPS) is 11.9. The van der Waals surface area contributed by atoms with Gasteiger partial charge in [0.1, 0.15) is 19.0 Å². The van der Waals surface area contributed by atoms with Gasteiger partial charge in [0.05, 0.1) is 24.0 Å². The van der Waals surface area contributed by atoms with E-state index in [9.17, 15) is 4.79 Å². The minimum Gasteiger partial charge on any atom is -0.347 e. The SMILES string of the molecule is O=C(CSc1nncn1-c1cccc(Cl)c1)NC(Cn1cncn1)c1ccccc1. The molecule has 4 rings (SSSR count). The number of hydrogen-bond donors (Lipinski definition) is 1. The second-order valence-corrected chi connectivity index (χ2v) is 7.78. The van der Waals surface area contributed by atoms with E-state index in [0.717, 1.165) is 11.3 Å². The number of hydrogen-bond acceptors (Lipinski definition) is 6. The lowest BCUT2D eigenvalue weighted by molar-refractivity contribution is -0.119. The number of thioether (sulfide) groups is 1. The van der Waals surface area contributed by atoms with Crippen LogP contribution in [0.25, 0.3) is 5.69 Å².